The molecule has 0 saturated heterocycles. The van der Waals surface area contributed by atoms with E-state index < -0.39 is 0 Å². The molecule has 0 aliphatic carbocycles. The fourth-order valence-electron chi connectivity index (χ4n) is 1.34. The van der Waals surface area contributed by atoms with E-state index in [1.165, 1.54) is 11.3 Å². The Morgan fingerprint density at radius 1 is 1.31 bits per heavy atom. The minimum Gasteiger partial charge on any atom is -0.265 e. The highest BCUT2D eigenvalue weighted by Crippen LogP contribution is 2.24. The number of aromatic nitrogens is 1. The molecule has 2 aromatic rings. The zero-order chi connectivity index (χ0) is 11.4. The minimum absolute atomic E-state index is 0.0313. The second kappa shape index (κ2) is 4.85. The summed E-state index contributed by atoms with van der Waals surface area (Å²) < 4.78 is 0. The van der Waals surface area contributed by atoms with Crippen molar-refractivity contribution in [2.45, 2.75) is 6.42 Å². The van der Waals surface area contributed by atoms with E-state index in [9.17, 15) is 10.1 Å². The van der Waals surface area contributed by atoms with Gasteiger partial charge in [-0.1, -0.05) is 30.3 Å². The van der Waals surface area contributed by atoms with Gasteiger partial charge in [0.15, 0.2) is 0 Å². The van der Waals surface area contributed by atoms with Gasteiger partial charge in [0.1, 0.15) is 5.01 Å². The molecule has 82 valence electrons. The van der Waals surface area contributed by atoms with Gasteiger partial charge in [0.2, 0.25) is 6.54 Å². The molecule has 0 unspecified atom stereocenters. The van der Waals surface area contributed by atoms with Crippen LogP contribution in [0, 0.1) is 10.1 Å². The van der Waals surface area contributed by atoms with Gasteiger partial charge in [0.05, 0.1) is 0 Å². The molecule has 1 aromatic heterocycles. The molecule has 5 heteroatoms. The lowest BCUT2D eigenvalue weighted by molar-refractivity contribution is -0.479. The lowest BCUT2D eigenvalue weighted by Gasteiger charge is -1.93. The Bertz CT molecular complexity index is 482. The average molecular weight is 234 g/mol. The summed E-state index contributed by atoms with van der Waals surface area (Å²) in [6, 6.07) is 9.82. The maximum Gasteiger partial charge on any atom is 0.208 e. The molecule has 0 aliphatic rings. The summed E-state index contributed by atoms with van der Waals surface area (Å²) in [5, 5.41) is 11.2. The van der Waals surface area contributed by atoms with Gasteiger partial charge in [0, 0.05) is 28.0 Å². The lowest BCUT2D eigenvalue weighted by Crippen LogP contribution is -2.02. The molecule has 0 bridgehead atoms. The van der Waals surface area contributed by atoms with Gasteiger partial charge in [-0.05, 0) is 0 Å². The van der Waals surface area contributed by atoms with Crippen molar-refractivity contribution in [2.75, 3.05) is 6.54 Å². The smallest absolute Gasteiger partial charge is 0.208 e. The maximum absolute atomic E-state index is 10.2. The minimum atomic E-state index is -0.304. The van der Waals surface area contributed by atoms with Crippen molar-refractivity contribution in [3.63, 3.8) is 0 Å². The van der Waals surface area contributed by atoms with Gasteiger partial charge in [-0.25, -0.2) is 4.98 Å². The van der Waals surface area contributed by atoms with Crippen molar-refractivity contribution in [3.05, 3.63) is 51.5 Å². The topological polar surface area (TPSA) is 56.0 Å². The Hall–Kier alpha value is -1.75. The largest absolute Gasteiger partial charge is 0.265 e. The fourth-order valence-corrected chi connectivity index (χ4v) is 2.25. The van der Waals surface area contributed by atoms with Crippen molar-refractivity contribution in [1.82, 2.24) is 4.98 Å². The number of nitrogens with zero attached hydrogens (tertiary/aromatic N) is 2. The van der Waals surface area contributed by atoms with Crippen molar-refractivity contribution in [1.29, 1.82) is 0 Å². The number of hydrogen-bond donors (Lipinski definition) is 0. The first-order valence-corrected chi connectivity index (χ1v) is 5.69. The molecular formula is C11H10N2O2S. The summed E-state index contributed by atoms with van der Waals surface area (Å²) >= 11 is 1.51. The second-order valence-corrected chi connectivity index (χ2v) is 4.42. The van der Waals surface area contributed by atoms with Crippen LogP contribution in [-0.4, -0.2) is 16.5 Å². The number of nitro groups is 1. The third kappa shape index (κ3) is 2.64. The van der Waals surface area contributed by atoms with Gasteiger partial charge in [-0.2, -0.15) is 0 Å². The summed E-state index contributed by atoms with van der Waals surface area (Å²) in [6.45, 7) is -0.0313. The average Bonchev–Trinajstić information content (AvgIpc) is 2.76. The first-order valence-electron chi connectivity index (χ1n) is 4.87. The van der Waals surface area contributed by atoms with E-state index in [0.717, 1.165) is 15.4 Å². The molecule has 0 atom stereocenters. The van der Waals surface area contributed by atoms with Crippen LogP contribution >= 0.6 is 11.3 Å². The molecule has 4 nitrogen and oxygen atoms in total. The number of thiazole rings is 1. The first-order chi connectivity index (χ1) is 7.75. The normalized spacial score (nSPS) is 10.2. The third-order valence-corrected chi connectivity index (χ3v) is 3.22. The number of benzene rings is 1. The quantitative estimate of drug-likeness (QED) is 0.603. The monoisotopic (exact) mass is 234 g/mol. The molecular weight excluding hydrogens is 224 g/mol. The highest BCUT2D eigenvalue weighted by Gasteiger charge is 2.06. The number of hydrogen-bond acceptors (Lipinski definition) is 4. The fraction of sp³-hybridized carbons (Fsp3) is 0.182. The van der Waals surface area contributed by atoms with Crippen molar-refractivity contribution >= 4 is 11.3 Å². The summed E-state index contributed by atoms with van der Waals surface area (Å²) in [7, 11) is 0. The van der Waals surface area contributed by atoms with Gasteiger partial charge < -0.3 is 0 Å². The van der Waals surface area contributed by atoms with Crippen LogP contribution in [0.4, 0.5) is 0 Å². The molecule has 0 aliphatic heterocycles. The zero-order valence-corrected chi connectivity index (χ0v) is 9.31. The van der Waals surface area contributed by atoms with Crippen LogP contribution in [0.2, 0.25) is 0 Å². The van der Waals surface area contributed by atoms with E-state index in [0.29, 0.717) is 6.42 Å². The standard InChI is InChI=1S/C11H10N2O2S/c14-13(15)7-6-10-8-12-11(16-10)9-4-2-1-3-5-9/h1-5,8H,6-7H2. The molecule has 16 heavy (non-hydrogen) atoms. The molecule has 2 rings (SSSR count). The number of rotatable bonds is 4. The van der Waals surface area contributed by atoms with E-state index >= 15 is 0 Å². The Balaban J connectivity index is 2.11. The summed E-state index contributed by atoms with van der Waals surface area (Å²) in [4.78, 5) is 15.2. The molecule has 0 saturated carbocycles. The summed E-state index contributed by atoms with van der Waals surface area (Å²) in [6.07, 6.45) is 2.17. The Morgan fingerprint density at radius 2 is 2.06 bits per heavy atom. The summed E-state index contributed by atoms with van der Waals surface area (Å²) in [5.74, 6) is 0. The third-order valence-electron chi connectivity index (χ3n) is 2.12. The van der Waals surface area contributed by atoms with E-state index in [1.807, 2.05) is 30.3 Å². The van der Waals surface area contributed by atoms with Crippen LogP contribution < -0.4 is 0 Å². The van der Waals surface area contributed by atoms with Crippen LogP contribution in [0.5, 0.6) is 0 Å². The molecule has 0 amide bonds. The molecule has 0 fully saturated rings. The van der Waals surface area contributed by atoms with Crippen LogP contribution in [0.3, 0.4) is 0 Å². The SMILES string of the molecule is O=[N+]([O-])CCc1cnc(-c2ccccc2)s1. The zero-order valence-electron chi connectivity index (χ0n) is 8.50. The van der Waals surface area contributed by atoms with Gasteiger partial charge in [-0.3, -0.25) is 10.1 Å². The Morgan fingerprint density at radius 3 is 2.75 bits per heavy atom. The van der Waals surface area contributed by atoms with Crippen LogP contribution in [-0.2, 0) is 6.42 Å². The molecule has 0 N–H and O–H groups in total. The van der Waals surface area contributed by atoms with Gasteiger partial charge in [0.25, 0.3) is 0 Å². The maximum atomic E-state index is 10.2. The Kier molecular flexibility index (Phi) is 3.26. The predicted octanol–water partition coefficient (Wildman–Crippen LogP) is 2.63. The van der Waals surface area contributed by atoms with Gasteiger partial charge >= 0.3 is 0 Å². The van der Waals surface area contributed by atoms with E-state index in [4.69, 9.17) is 0 Å². The highest BCUT2D eigenvalue weighted by molar-refractivity contribution is 7.15. The lowest BCUT2D eigenvalue weighted by atomic mass is 10.2. The van der Waals surface area contributed by atoms with Gasteiger partial charge in [-0.15, -0.1) is 11.3 Å². The van der Waals surface area contributed by atoms with Crippen LogP contribution in [0.15, 0.2) is 36.5 Å². The van der Waals surface area contributed by atoms with Crippen LogP contribution in [0.1, 0.15) is 4.88 Å². The molecule has 1 heterocycles. The van der Waals surface area contributed by atoms with E-state index in [1.54, 1.807) is 6.20 Å². The van der Waals surface area contributed by atoms with E-state index in [2.05, 4.69) is 4.98 Å². The highest BCUT2D eigenvalue weighted by atomic mass is 32.1. The van der Waals surface area contributed by atoms with E-state index in [-0.39, 0.29) is 11.5 Å². The molecule has 1 aromatic carbocycles. The Labute approximate surface area is 96.7 Å². The molecule has 0 spiro atoms. The summed E-state index contributed by atoms with van der Waals surface area (Å²) in [5.41, 5.74) is 1.06. The van der Waals surface area contributed by atoms with Crippen molar-refractivity contribution < 1.29 is 4.92 Å². The van der Waals surface area contributed by atoms with Crippen molar-refractivity contribution in [3.8, 4) is 10.6 Å². The second-order valence-electron chi connectivity index (χ2n) is 3.30. The first kappa shape index (κ1) is 10.8. The predicted molar refractivity (Wildman–Crippen MR) is 63.1 cm³/mol. The van der Waals surface area contributed by atoms with Crippen molar-refractivity contribution in [2.24, 2.45) is 0 Å². The van der Waals surface area contributed by atoms with Crippen LogP contribution in [0.25, 0.3) is 10.6 Å². The molecule has 0 radical (unpaired) electrons.